The molecule has 0 heterocycles. The van der Waals surface area contributed by atoms with Crippen molar-refractivity contribution < 1.29 is 9.59 Å². The van der Waals surface area contributed by atoms with Crippen molar-refractivity contribution in [3.63, 3.8) is 0 Å². The predicted molar refractivity (Wildman–Crippen MR) is 58.3 cm³/mol. The summed E-state index contributed by atoms with van der Waals surface area (Å²) < 4.78 is 0. The summed E-state index contributed by atoms with van der Waals surface area (Å²) in [5.74, 6) is 1.74. The fraction of sp³-hybridized carbons (Fsp3) is 0.385. The molecule has 0 spiro atoms. The van der Waals surface area contributed by atoms with Crippen molar-refractivity contribution in [1.82, 2.24) is 0 Å². The van der Waals surface area contributed by atoms with Gasteiger partial charge in [-0.15, -0.1) is 0 Å². The van der Waals surface area contributed by atoms with Gasteiger partial charge in [0.05, 0.1) is 0 Å². The summed E-state index contributed by atoms with van der Waals surface area (Å²) in [5.41, 5.74) is 0. The van der Waals surface area contributed by atoms with Gasteiger partial charge in [-0.05, 0) is 55.4 Å². The number of fused-ring (bicyclic) bond motifs is 2. The second-order valence-electron chi connectivity index (χ2n) is 4.19. The van der Waals surface area contributed by atoms with Crippen LogP contribution in [0.4, 0.5) is 0 Å². The second-order valence-corrected chi connectivity index (χ2v) is 4.19. The summed E-state index contributed by atoms with van der Waals surface area (Å²) in [4.78, 5) is 20.6. The van der Waals surface area contributed by atoms with Crippen LogP contribution in [0.3, 0.4) is 0 Å². The third-order valence-electron chi connectivity index (χ3n) is 2.99. The summed E-state index contributed by atoms with van der Waals surface area (Å²) in [6.45, 7) is 0. The first-order valence-electron chi connectivity index (χ1n) is 5.36. The standard InChI is InChI=1S/C7H10.C6H4O2/c1-2-7-4-3-6(1)5-7;7-5-1-2-6(8)4-3-5/h1-2,6-7H,3-5H2;1-4H. The van der Waals surface area contributed by atoms with E-state index in [4.69, 9.17) is 0 Å². The quantitative estimate of drug-likeness (QED) is 0.446. The molecule has 0 amide bonds. The average molecular weight is 202 g/mol. The van der Waals surface area contributed by atoms with Gasteiger partial charge in [0.25, 0.3) is 0 Å². The lowest BCUT2D eigenvalue weighted by Gasteiger charge is -1.96. The number of rotatable bonds is 0. The molecule has 3 rings (SSSR count). The van der Waals surface area contributed by atoms with E-state index < -0.39 is 0 Å². The maximum atomic E-state index is 10.3. The molecule has 2 heteroatoms. The van der Waals surface area contributed by atoms with Crippen LogP contribution < -0.4 is 0 Å². The average Bonchev–Trinajstić information content (AvgIpc) is 2.87. The van der Waals surface area contributed by atoms with Gasteiger partial charge in [0.2, 0.25) is 0 Å². The van der Waals surface area contributed by atoms with Gasteiger partial charge in [-0.3, -0.25) is 9.59 Å². The van der Waals surface area contributed by atoms with Crippen molar-refractivity contribution in [3.8, 4) is 0 Å². The van der Waals surface area contributed by atoms with E-state index in [9.17, 15) is 9.59 Å². The van der Waals surface area contributed by atoms with Crippen LogP contribution in [0.1, 0.15) is 19.3 Å². The van der Waals surface area contributed by atoms with Gasteiger partial charge < -0.3 is 0 Å². The maximum absolute atomic E-state index is 10.3. The zero-order valence-corrected chi connectivity index (χ0v) is 8.56. The fourth-order valence-corrected chi connectivity index (χ4v) is 2.16. The van der Waals surface area contributed by atoms with Crippen molar-refractivity contribution in [2.24, 2.45) is 11.8 Å². The first-order chi connectivity index (χ1) is 7.24. The molecule has 2 unspecified atom stereocenters. The van der Waals surface area contributed by atoms with Crippen LogP contribution in [0.15, 0.2) is 36.5 Å². The molecule has 0 N–H and O–H groups in total. The molecule has 1 saturated carbocycles. The van der Waals surface area contributed by atoms with Gasteiger partial charge >= 0.3 is 0 Å². The van der Waals surface area contributed by atoms with E-state index in [0.717, 1.165) is 11.8 Å². The topological polar surface area (TPSA) is 34.1 Å². The molecule has 15 heavy (non-hydrogen) atoms. The minimum absolute atomic E-state index is 0.121. The molecule has 0 saturated heterocycles. The molecule has 0 aromatic carbocycles. The second kappa shape index (κ2) is 4.39. The van der Waals surface area contributed by atoms with Crippen molar-refractivity contribution in [1.29, 1.82) is 0 Å². The highest BCUT2D eigenvalue weighted by molar-refractivity contribution is 6.14. The minimum Gasteiger partial charge on any atom is -0.290 e. The molecular formula is C13H14O2. The number of hydrogen-bond donors (Lipinski definition) is 0. The number of ketones is 2. The molecule has 2 nitrogen and oxygen atoms in total. The Balaban J connectivity index is 0.000000114. The summed E-state index contributed by atoms with van der Waals surface area (Å²) in [6, 6.07) is 0. The Morgan fingerprint density at radius 1 is 0.800 bits per heavy atom. The zero-order chi connectivity index (χ0) is 10.7. The van der Waals surface area contributed by atoms with E-state index in [1.165, 1.54) is 43.6 Å². The smallest absolute Gasteiger partial charge is 0.178 e. The van der Waals surface area contributed by atoms with E-state index in [1.54, 1.807) is 0 Å². The largest absolute Gasteiger partial charge is 0.290 e. The molecule has 1 fully saturated rings. The lowest BCUT2D eigenvalue weighted by molar-refractivity contribution is -0.113. The molecule has 2 atom stereocenters. The predicted octanol–water partition coefficient (Wildman–Crippen LogP) is 2.22. The van der Waals surface area contributed by atoms with Crippen LogP contribution >= 0.6 is 0 Å². The van der Waals surface area contributed by atoms with Crippen molar-refractivity contribution in [2.75, 3.05) is 0 Å². The summed E-state index contributed by atoms with van der Waals surface area (Å²) >= 11 is 0. The number of allylic oxidation sites excluding steroid dienone is 6. The summed E-state index contributed by atoms with van der Waals surface area (Å²) in [7, 11) is 0. The monoisotopic (exact) mass is 202 g/mol. The van der Waals surface area contributed by atoms with Crippen molar-refractivity contribution in [2.45, 2.75) is 19.3 Å². The van der Waals surface area contributed by atoms with Gasteiger partial charge in [0.15, 0.2) is 11.6 Å². The van der Waals surface area contributed by atoms with E-state index in [2.05, 4.69) is 12.2 Å². The normalized spacial score (nSPS) is 30.7. The van der Waals surface area contributed by atoms with Gasteiger partial charge in [-0.2, -0.15) is 0 Å². The Labute approximate surface area is 89.4 Å². The van der Waals surface area contributed by atoms with Crippen LogP contribution in [0.25, 0.3) is 0 Å². The van der Waals surface area contributed by atoms with E-state index >= 15 is 0 Å². The molecule has 0 aliphatic heterocycles. The molecule has 3 aliphatic carbocycles. The Morgan fingerprint density at radius 3 is 1.40 bits per heavy atom. The highest BCUT2D eigenvalue weighted by atomic mass is 16.1. The fourth-order valence-electron chi connectivity index (χ4n) is 2.16. The third kappa shape index (κ3) is 2.75. The molecule has 0 radical (unpaired) electrons. The van der Waals surface area contributed by atoms with Gasteiger partial charge in [-0.25, -0.2) is 0 Å². The number of hydrogen-bond acceptors (Lipinski definition) is 2. The molecule has 2 bridgehead atoms. The number of carbonyl (C=O) groups excluding carboxylic acids is 2. The Hall–Kier alpha value is -1.44. The maximum Gasteiger partial charge on any atom is 0.178 e. The Kier molecular flexibility index (Phi) is 2.95. The van der Waals surface area contributed by atoms with Crippen LogP contribution in [0, 0.1) is 11.8 Å². The van der Waals surface area contributed by atoms with Crippen LogP contribution in [-0.2, 0) is 9.59 Å². The zero-order valence-electron chi connectivity index (χ0n) is 8.56. The van der Waals surface area contributed by atoms with Crippen LogP contribution in [0.2, 0.25) is 0 Å². The Bertz CT molecular complexity index is 311. The highest BCUT2D eigenvalue weighted by Crippen LogP contribution is 2.38. The van der Waals surface area contributed by atoms with Crippen LogP contribution in [-0.4, -0.2) is 11.6 Å². The van der Waals surface area contributed by atoms with E-state index in [0.29, 0.717) is 0 Å². The van der Waals surface area contributed by atoms with Gasteiger partial charge in [0.1, 0.15) is 0 Å². The van der Waals surface area contributed by atoms with Crippen molar-refractivity contribution in [3.05, 3.63) is 36.5 Å². The van der Waals surface area contributed by atoms with Crippen LogP contribution in [0.5, 0.6) is 0 Å². The molecule has 78 valence electrons. The molecular weight excluding hydrogens is 188 g/mol. The number of carbonyl (C=O) groups is 2. The molecule has 3 aliphatic rings. The van der Waals surface area contributed by atoms with E-state index in [1.807, 2.05) is 0 Å². The Morgan fingerprint density at radius 2 is 1.20 bits per heavy atom. The highest BCUT2D eigenvalue weighted by Gasteiger charge is 2.25. The SMILES string of the molecule is C1=CC2CCC1C2.O=C1C=CC(=O)C=C1. The minimum atomic E-state index is -0.121. The van der Waals surface area contributed by atoms with Gasteiger partial charge in [-0.1, -0.05) is 12.2 Å². The summed E-state index contributed by atoms with van der Waals surface area (Å²) in [5, 5.41) is 0. The van der Waals surface area contributed by atoms with Crippen molar-refractivity contribution >= 4 is 11.6 Å². The first kappa shape index (κ1) is 10.1. The molecule has 0 aromatic rings. The lowest BCUT2D eigenvalue weighted by atomic mass is 10.1. The van der Waals surface area contributed by atoms with E-state index in [-0.39, 0.29) is 11.6 Å². The summed E-state index contributed by atoms with van der Waals surface area (Å²) in [6.07, 6.45) is 14.2. The third-order valence-corrected chi connectivity index (χ3v) is 2.99. The lowest BCUT2D eigenvalue weighted by Crippen LogP contribution is -1.97. The van der Waals surface area contributed by atoms with Gasteiger partial charge in [0, 0.05) is 0 Å². The molecule has 0 aromatic heterocycles. The first-order valence-corrected chi connectivity index (χ1v) is 5.36.